The summed E-state index contributed by atoms with van der Waals surface area (Å²) < 4.78 is 6.07. The molecule has 29 heavy (non-hydrogen) atoms. The van der Waals surface area contributed by atoms with Crippen LogP contribution >= 0.6 is 24.0 Å². The molecular weight excluding hydrogens is 401 g/mol. The van der Waals surface area contributed by atoms with E-state index in [0.717, 1.165) is 43.1 Å². The smallest absolute Gasteiger partial charge is 0.0720 e. The Morgan fingerprint density at radius 1 is 0.897 bits per heavy atom. The summed E-state index contributed by atoms with van der Waals surface area (Å²) in [5.74, 6) is 0. The van der Waals surface area contributed by atoms with Crippen LogP contribution in [0.4, 0.5) is 0 Å². The quantitative estimate of drug-likeness (QED) is 0.456. The standard InChI is InChI=1S/C25H26ClNO.ClH/c26-24-14-7-5-9-20(24)17-27-16-8-15-25(22-11-2-1-3-12-22)19-28-18-21-10-4-6-13-23(21)25;/h1-7,9-14,27H,8,15-19H2;1H. The zero-order valence-electron chi connectivity index (χ0n) is 16.4. The van der Waals surface area contributed by atoms with Crippen molar-refractivity contribution in [2.24, 2.45) is 0 Å². The first-order valence-corrected chi connectivity index (χ1v) is 10.3. The van der Waals surface area contributed by atoms with Crippen molar-refractivity contribution < 1.29 is 4.74 Å². The predicted molar refractivity (Wildman–Crippen MR) is 123 cm³/mol. The number of ether oxygens (including phenoxy) is 1. The normalized spacial score (nSPS) is 18.0. The van der Waals surface area contributed by atoms with Crippen LogP contribution in [0.25, 0.3) is 0 Å². The monoisotopic (exact) mass is 427 g/mol. The van der Waals surface area contributed by atoms with E-state index in [1.54, 1.807) is 0 Å². The van der Waals surface area contributed by atoms with E-state index in [4.69, 9.17) is 16.3 Å². The van der Waals surface area contributed by atoms with Gasteiger partial charge in [0.05, 0.1) is 13.2 Å². The van der Waals surface area contributed by atoms with Gasteiger partial charge in [0.1, 0.15) is 0 Å². The zero-order valence-corrected chi connectivity index (χ0v) is 18.0. The van der Waals surface area contributed by atoms with Crippen LogP contribution < -0.4 is 5.32 Å². The first-order chi connectivity index (χ1) is 13.8. The Hall–Kier alpha value is -1.84. The van der Waals surface area contributed by atoms with Crippen molar-refractivity contribution in [3.05, 3.63) is 106 Å². The molecule has 152 valence electrons. The van der Waals surface area contributed by atoms with E-state index >= 15 is 0 Å². The SMILES string of the molecule is Cl.Clc1ccccc1CNCCCC1(c2ccccc2)COCc2ccccc21. The number of fused-ring (bicyclic) bond motifs is 1. The molecular formula is C25H27Cl2NO. The number of halogens is 2. The number of hydrogen-bond donors (Lipinski definition) is 1. The topological polar surface area (TPSA) is 21.3 Å². The van der Waals surface area contributed by atoms with E-state index in [1.807, 2.05) is 18.2 Å². The molecule has 0 aliphatic carbocycles. The minimum atomic E-state index is -0.0812. The zero-order chi connectivity index (χ0) is 19.2. The van der Waals surface area contributed by atoms with Crippen molar-refractivity contribution in [1.29, 1.82) is 0 Å². The van der Waals surface area contributed by atoms with Gasteiger partial charge in [-0.3, -0.25) is 0 Å². The van der Waals surface area contributed by atoms with E-state index in [1.165, 1.54) is 16.7 Å². The lowest BCUT2D eigenvalue weighted by Crippen LogP contribution is -2.38. The maximum absolute atomic E-state index is 6.26. The van der Waals surface area contributed by atoms with Crippen LogP contribution in [0, 0.1) is 0 Å². The molecule has 2 nitrogen and oxygen atoms in total. The first-order valence-electron chi connectivity index (χ1n) is 9.95. The van der Waals surface area contributed by atoms with Crippen LogP contribution in [0.5, 0.6) is 0 Å². The third-order valence-corrected chi connectivity index (χ3v) is 6.06. The molecule has 0 saturated carbocycles. The van der Waals surface area contributed by atoms with Crippen LogP contribution in [0.2, 0.25) is 5.02 Å². The summed E-state index contributed by atoms with van der Waals surface area (Å²) in [6, 6.07) is 27.6. The average Bonchev–Trinajstić information content (AvgIpc) is 2.75. The van der Waals surface area contributed by atoms with Gasteiger partial charge >= 0.3 is 0 Å². The van der Waals surface area contributed by atoms with Gasteiger partial charge in [-0.1, -0.05) is 84.4 Å². The fourth-order valence-electron chi connectivity index (χ4n) is 4.25. The second-order valence-corrected chi connectivity index (χ2v) is 7.88. The molecule has 1 aliphatic rings. The lowest BCUT2D eigenvalue weighted by molar-refractivity contribution is 0.0613. The summed E-state index contributed by atoms with van der Waals surface area (Å²) in [5, 5.41) is 4.37. The molecule has 1 N–H and O–H groups in total. The molecule has 4 rings (SSSR count). The number of hydrogen-bond acceptors (Lipinski definition) is 2. The lowest BCUT2D eigenvalue weighted by Gasteiger charge is -2.40. The van der Waals surface area contributed by atoms with Crippen LogP contribution in [-0.4, -0.2) is 13.2 Å². The van der Waals surface area contributed by atoms with Gasteiger partial charge in [0.15, 0.2) is 0 Å². The summed E-state index contributed by atoms with van der Waals surface area (Å²) in [6.45, 7) is 3.18. The van der Waals surface area contributed by atoms with Crippen molar-refractivity contribution in [1.82, 2.24) is 5.32 Å². The van der Waals surface area contributed by atoms with Crippen molar-refractivity contribution in [2.45, 2.75) is 31.4 Å². The van der Waals surface area contributed by atoms with Crippen molar-refractivity contribution in [3.8, 4) is 0 Å². The van der Waals surface area contributed by atoms with Crippen molar-refractivity contribution in [3.63, 3.8) is 0 Å². The molecule has 0 fully saturated rings. The minimum absolute atomic E-state index is 0. The molecule has 1 atom stereocenters. The van der Waals surface area contributed by atoms with E-state index < -0.39 is 0 Å². The fourth-order valence-corrected chi connectivity index (χ4v) is 4.46. The highest BCUT2D eigenvalue weighted by molar-refractivity contribution is 6.31. The second-order valence-electron chi connectivity index (χ2n) is 7.47. The summed E-state index contributed by atoms with van der Waals surface area (Å²) in [4.78, 5) is 0. The Morgan fingerprint density at radius 3 is 2.45 bits per heavy atom. The molecule has 0 radical (unpaired) electrons. The van der Waals surface area contributed by atoms with E-state index in [-0.39, 0.29) is 17.8 Å². The van der Waals surface area contributed by atoms with Gasteiger partial charge < -0.3 is 10.1 Å². The Labute approximate surface area is 184 Å². The van der Waals surface area contributed by atoms with Gasteiger partial charge in [0.2, 0.25) is 0 Å². The second kappa shape index (κ2) is 10.3. The molecule has 3 aromatic rings. The highest BCUT2D eigenvalue weighted by Crippen LogP contribution is 2.41. The Balaban J connectivity index is 0.00000240. The molecule has 1 heterocycles. The Kier molecular flexibility index (Phi) is 7.74. The van der Waals surface area contributed by atoms with Gasteiger partial charge in [-0.05, 0) is 47.7 Å². The lowest BCUT2D eigenvalue weighted by atomic mass is 9.69. The Bertz CT molecular complexity index is 915. The Morgan fingerprint density at radius 2 is 1.62 bits per heavy atom. The summed E-state index contributed by atoms with van der Waals surface area (Å²) in [7, 11) is 0. The number of benzene rings is 3. The molecule has 4 heteroatoms. The van der Waals surface area contributed by atoms with E-state index in [9.17, 15) is 0 Å². The van der Waals surface area contributed by atoms with Gasteiger partial charge in [-0.25, -0.2) is 0 Å². The molecule has 0 saturated heterocycles. The van der Waals surface area contributed by atoms with Crippen molar-refractivity contribution in [2.75, 3.05) is 13.2 Å². The maximum Gasteiger partial charge on any atom is 0.0720 e. The summed E-state index contributed by atoms with van der Waals surface area (Å²) in [5.41, 5.74) is 5.13. The fraction of sp³-hybridized carbons (Fsp3) is 0.280. The molecule has 3 aromatic carbocycles. The van der Waals surface area contributed by atoms with E-state index in [0.29, 0.717) is 6.61 Å². The van der Waals surface area contributed by atoms with Gasteiger partial charge in [-0.2, -0.15) is 0 Å². The third-order valence-electron chi connectivity index (χ3n) is 5.70. The molecule has 0 spiro atoms. The molecule has 0 bridgehead atoms. The molecule has 1 unspecified atom stereocenters. The number of nitrogens with one attached hydrogen (secondary N) is 1. The highest BCUT2D eigenvalue weighted by atomic mass is 35.5. The average molecular weight is 428 g/mol. The summed E-state index contributed by atoms with van der Waals surface area (Å²) in [6.07, 6.45) is 2.11. The van der Waals surface area contributed by atoms with Crippen LogP contribution in [0.3, 0.4) is 0 Å². The molecule has 0 aromatic heterocycles. The van der Waals surface area contributed by atoms with Gasteiger partial charge in [-0.15, -0.1) is 12.4 Å². The number of rotatable bonds is 7. The van der Waals surface area contributed by atoms with Gasteiger partial charge in [0, 0.05) is 17.0 Å². The largest absolute Gasteiger partial charge is 0.375 e. The highest BCUT2D eigenvalue weighted by Gasteiger charge is 2.38. The summed E-state index contributed by atoms with van der Waals surface area (Å²) >= 11 is 6.26. The third kappa shape index (κ3) is 4.84. The van der Waals surface area contributed by atoms with Crippen LogP contribution in [0.15, 0.2) is 78.9 Å². The van der Waals surface area contributed by atoms with E-state index in [2.05, 4.69) is 66.0 Å². The van der Waals surface area contributed by atoms with Gasteiger partial charge in [0.25, 0.3) is 0 Å². The molecule has 0 amide bonds. The molecule has 1 aliphatic heterocycles. The van der Waals surface area contributed by atoms with Crippen LogP contribution in [-0.2, 0) is 23.3 Å². The van der Waals surface area contributed by atoms with Crippen LogP contribution in [0.1, 0.15) is 35.1 Å². The maximum atomic E-state index is 6.26. The van der Waals surface area contributed by atoms with Crippen molar-refractivity contribution >= 4 is 24.0 Å². The predicted octanol–water partition coefficient (Wildman–Crippen LogP) is 6.15. The minimum Gasteiger partial charge on any atom is -0.375 e. The first kappa shape index (κ1) is 21.9.